The molecule has 1 saturated heterocycles. The van der Waals surface area contributed by atoms with Crippen LogP contribution in [0.5, 0.6) is 0 Å². The van der Waals surface area contributed by atoms with Crippen LogP contribution in [0.2, 0.25) is 0 Å². The fraction of sp³-hybridized carbons (Fsp3) is 0.231. The van der Waals surface area contributed by atoms with Crippen LogP contribution in [0.15, 0.2) is 36.2 Å². The summed E-state index contributed by atoms with van der Waals surface area (Å²) >= 11 is 0. The number of nitriles is 1. The Kier molecular flexibility index (Phi) is 2.84. The molecule has 0 spiro atoms. The summed E-state index contributed by atoms with van der Waals surface area (Å²) in [5.74, 6) is 0.137. The third kappa shape index (κ3) is 2.00. The third-order valence-corrected chi connectivity index (χ3v) is 2.69. The van der Waals surface area contributed by atoms with Gasteiger partial charge < -0.3 is 4.74 Å². The van der Waals surface area contributed by atoms with Crippen LogP contribution in [-0.2, 0) is 9.53 Å². The van der Waals surface area contributed by atoms with Gasteiger partial charge >= 0.3 is 0 Å². The number of aryl methyl sites for hydroxylation is 1. The smallest absolute Gasteiger partial charge is 0.274 e. The van der Waals surface area contributed by atoms with E-state index < -0.39 is 6.10 Å². The minimum atomic E-state index is -0.639. The summed E-state index contributed by atoms with van der Waals surface area (Å²) in [5, 5.41) is 8.58. The summed E-state index contributed by atoms with van der Waals surface area (Å²) in [6, 6.07) is 9.44. The SMILES string of the molecule is Cc1ccc(C2O/C(=C\C#N)N(C)C2=O)cc1. The van der Waals surface area contributed by atoms with Gasteiger partial charge in [0.1, 0.15) is 0 Å². The lowest BCUT2D eigenvalue weighted by Gasteiger charge is -2.07. The molecule has 0 radical (unpaired) electrons. The Bertz CT molecular complexity index is 511. The first-order chi connectivity index (χ1) is 8.13. The maximum Gasteiger partial charge on any atom is 0.274 e. The molecule has 86 valence electrons. The Labute approximate surface area is 99.7 Å². The molecule has 4 heteroatoms. The molecule has 1 fully saturated rings. The summed E-state index contributed by atoms with van der Waals surface area (Å²) in [4.78, 5) is 13.3. The zero-order chi connectivity index (χ0) is 12.4. The highest BCUT2D eigenvalue weighted by Gasteiger charge is 2.36. The number of hydrogen-bond acceptors (Lipinski definition) is 3. The van der Waals surface area contributed by atoms with Crippen molar-refractivity contribution >= 4 is 5.91 Å². The van der Waals surface area contributed by atoms with E-state index in [0.717, 1.165) is 11.1 Å². The van der Waals surface area contributed by atoms with Gasteiger partial charge in [0.25, 0.3) is 5.91 Å². The van der Waals surface area contributed by atoms with E-state index >= 15 is 0 Å². The van der Waals surface area contributed by atoms with Gasteiger partial charge in [-0.3, -0.25) is 9.69 Å². The number of carbonyl (C=O) groups excluding carboxylic acids is 1. The van der Waals surface area contributed by atoms with E-state index in [9.17, 15) is 4.79 Å². The van der Waals surface area contributed by atoms with Gasteiger partial charge in [-0.1, -0.05) is 29.8 Å². The number of carbonyl (C=O) groups is 1. The van der Waals surface area contributed by atoms with Crippen molar-refractivity contribution in [3.63, 3.8) is 0 Å². The van der Waals surface area contributed by atoms with Crippen LogP contribution in [0.3, 0.4) is 0 Å². The Hall–Kier alpha value is -2.28. The number of likely N-dealkylation sites (N-methyl/N-ethyl adjacent to an activating group) is 1. The van der Waals surface area contributed by atoms with Crippen LogP contribution in [0.1, 0.15) is 17.2 Å². The van der Waals surface area contributed by atoms with E-state index in [4.69, 9.17) is 10.00 Å². The second-order valence-corrected chi connectivity index (χ2v) is 3.92. The summed E-state index contributed by atoms with van der Waals surface area (Å²) in [6.45, 7) is 1.98. The molecule has 0 N–H and O–H groups in total. The van der Waals surface area contributed by atoms with E-state index in [1.165, 1.54) is 11.0 Å². The molecule has 1 aromatic carbocycles. The van der Waals surface area contributed by atoms with Crippen molar-refractivity contribution in [3.8, 4) is 6.07 Å². The molecule has 0 bridgehead atoms. The highest BCUT2D eigenvalue weighted by Crippen LogP contribution is 2.31. The van der Waals surface area contributed by atoms with Gasteiger partial charge in [0.05, 0.1) is 12.1 Å². The monoisotopic (exact) mass is 228 g/mol. The number of amides is 1. The van der Waals surface area contributed by atoms with Gasteiger partial charge in [-0.25, -0.2) is 0 Å². The maximum absolute atomic E-state index is 11.9. The molecule has 17 heavy (non-hydrogen) atoms. The van der Waals surface area contributed by atoms with Gasteiger partial charge in [-0.15, -0.1) is 0 Å². The van der Waals surface area contributed by atoms with Gasteiger partial charge in [-0.2, -0.15) is 5.26 Å². The molecule has 4 nitrogen and oxygen atoms in total. The van der Waals surface area contributed by atoms with Crippen molar-refractivity contribution in [2.45, 2.75) is 13.0 Å². The van der Waals surface area contributed by atoms with Gasteiger partial charge in [0.15, 0.2) is 0 Å². The third-order valence-electron chi connectivity index (χ3n) is 2.69. The Balaban J connectivity index is 2.30. The molecule has 2 rings (SSSR count). The lowest BCUT2D eigenvalue weighted by Crippen LogP contribution is -2.20. The fourth-order valence-electron chi connectivity index (χ4n) is 1.67. The zero-order valence-electron chi connectivity index (χ0n) is 9.68. The standard InChI is InChI=1S/C13H12N2O2/c1-9-3-5-10(6-4-9)12-13(16)15(2)11(17-12)7-8-14/h3-7,12H,1-2H3/b11-7-. The van der Waals surface area contributed by atoms with Crippen molar-refractivity contribution < 1.29 is 9.53 Å². The average molecular weight is 228 g/mol. The summed E-state index contributed by atoms with van der Waals surface area (Å²) in [6.07, 6.45) is 0.590. The molecule has 1 aliphatic heterocycles. The van der Waals surface area contributed by atoms with Gasteiger partial charge in [0.2, 0.25) is 12.0 Å². The van der Waals surface area contributed by atoms with Crippen molar-refractivity contribution in [1.29, 1.82) is 5.26 Å². The fourth-order valence-corrected chi connectivity index (χ4v) is 1.67. The predicted octanol–water partition coefficient (Wildman–Crippen LogP) is 1.89. The van der Waals surface area contributed by atoms with E-state index in [1.807, 2.05) is 37.3 Å². The second kappa shape index (κ2) is 4.30. The minimum absolute atomic E-state index is 0.157. The topological polar surface area (TPSA) is 53.3 Å². The Morgan fingerprint density at radius 1 is 1.41 bits per heavy atom. The number of benzene rings is 1. The molecule has 1 heterocycles. The molecule has 1 aromatic rings. The molecule has 0 saturated carbocycles. The van der Waals surface area contributed by atoms with Crippen LogP contribution < -0.4 is 0 Å². The number of allylic oxidation sites excluding steroid dienone is 1. The first-order valence-corrected chi connectivity index (χ1v) is 5.24. The summed E-state index contributed by atoms with van der Waals surface area (Å²) in [5.41, 5.74) is 1.93. The largest absolute Gasteiger partial charge is 0.460 e. The summed E-state index contributed by atoms with van der Waals surface area (Å²) < 4.78 is 5.47. The van der Waals surface area contributed by atoms with Crippen LogP contribution in [0, 0.1) is 18.3 Å². The van der Waals surface area contributed by atoms with Gasteiger partial charge in [-0.05, 0) is 6.92 Å². The molecular weight excluding hydrogens is 216 g/mol. The summed E-state index contributed by atoms with van der Waals surface area (Å²) in [7, 11) is 1.60. The predicted molar refractivity (Wildman–Crippen MR) is 61.5 cm³/mol. The molecule has 0 aliphatic carbocycles. The zero-order valence-corrected chi connectivity index (χ0v) is 9.68. The van der Waals surface area contributed by atoms with E-state index in [0.29, 0.717) is 5.88 Å². The molecule has 0 aromatic heterocycles. The van der Waals surface area contributed by atoms with E-state index in [1.54, 1.807) is 7.05 Å². The molecule has 1 unspecified atom stereocenters. The van der Waals surface area contributed by atoms with Gasteiger partial charge in [0, 0.05) is 12.6 Å². The van der Waals surface area contributed by atoms with Crippen molar-refractivity contribution in [2.24, 2.45) is 0 Å². The number of hydrogen-bond donors (Lipinski definition) is 0. The van der Waals surface area contributed by atoms with Crippen molar-refractivity contribution in [3.05, 3.63) is 47.4 Å². The van der Waals surface area contributed by atoms with Crippen LogP contribution in [0.4, 0.5) is 0 Å². The molecule has 1 atom stereocenters. The Morgan fingerprint density at radius 2 is 2.06 bits per heavy atom. The van der Waals surface area contributed by atoms with Crippen LogP contribution >= 0.6 is 0 Å². The molecule has 1 aliphatic rings. The first-order valence-electron chi connectivity index (χ1n) is 5.24. The lowest BCUT2D eigenvalue weighted by atomic mass is 10.1. The normalized spacial score (nSPS) is 21.5. The first kappa shape index (κ1) is 11.2. The Morgan fingerprint density at radius 3 is 2.65 bits per heavy atom. The van der Waals surface area contributed by atoms with Crippen LogP contribution in [0.25, 0.3) is 0 Å². The highest BCUT2D eigenvalue weighted by atomic mass is 16.5. The maximum atomic E-state index is 11.9. The average Bonchev–Trinajstić information content (AvgIpc) is 2.59. The quantitative estimate of drug-likeness (QED) is 0.690. The lowest BCUT2D eigenvalue weighted by molar-refractivity contribution is -0.129. The van der Waals surface area contributed by atoms with Crippen LogP contribution in [-0.4, -0.2) is 17.9 Å². The van der Waals surface area contributed by atoms with E-state index in [-0.39, 0.29) is 5.91 Å². The van der Waals surface area contributed by atoms with Crippen molar-refractivity contribution in [1.82, 2.24) is 4.90 Å². The van der Waals surface area contributed by atoms with E-state index in [2.05, 4.69) is 0 Å². The highest BCUT2D eigenvalue weighted by molar-refractivity contribution is 5.85. The number of nitrogens with zero attached hydrogens (tertiary/aromatic N) is 2. The number of ether oxygens (including phenoxy) is 1. The second-order valence-electron chi connectivity index (χ2n) is 3.92. The molecule has 1 amide bonds. The minimum Gasteiger partial charge on any atom is -0.460 e. The van der Waals surface area contributed by atoms with Crippen molar-refractivity contribution in [2.75, 3.05) is 7.05 Å². The number of rotatable bonds is 1. The molecular formula is C13H12N2O2.